The summed E-state index contributed by atoms with van der Waals surface area (Å²) in [5.74, 6) is 0.326. The summed E-state index contributed by atoms with van der Waals surface area (Å²) in [5, 5.41) is 8.95. The Morgan fingerprint density at radius 1 is 1.06 bits per heavy atom. The first-order valence-corrected chi connectivity index (χ1v) is 11.9. The minimum absolute atomic E-state index is 0.0353. The molecule has 174 valence electrons. The molecular formula is C22H38N6O3. The molecule has 31 heavy (non-hydrogen) atoms. The van der Waals surface area contributed by atoms with E-state index in [2.05, 4.69) is 32.8 Å². The van der Waals surface area contributed by atoms with Crippen molar-refractivity contribution in [1.29, 1.82) is 0 Å². The lowest BCUT2D eigenvalue weighted by atomic mass is 9.96. The maximum atomic E-state index is 13.5. The number of rotatable bonds is 6. The lowest BCUT2D eigenvalue weighted by Crippen LogP contribution is -2.65. The van der Waals surface area contributed by atoms with Gasteiger partial charge in [0.15, 0.2) is 0 Å². The third-order valence-electron chi connectivity index (χ3n) is 7.13. The van der Waals surface area contributed by atoms with Gasteiger partial charge in [0.05, 0.1) is 6.04 Å². The van der Waals surface area contributed by atoms with E-state index in [9.17, 15) is 14.4 Å². The van der Waals surface area contributed by atoms with Crippen LogP contribution < -0.4 is 16.0 Å². The first-order valence-electron chi connectivity index (χ1n) is 11.9. The highest BCUT2D eigenvalue weighted by Crippen LogP contribution is 2.31. The van der Waals surface area contributed by atoms with Gasteiger partial charge in [0.25, 0.3) is 0 Å². The molecule has 3 atom stereocenters. The number of fused-ring (bicyclic) bond motifs is 1. The summed E-state index contributed by atoms with van der Waals surface area (Å²) in [7, 11) is 2.14. The van der Waals surface area contributed by atoms with Crippen LogP contribution in [0.5, 0.6) is 0 Å². The summed E-state index contributed by atoms with van der Waals surface area (Å²) >= 11 is 0. The number of urea groups is 1. The first kappa shape index (κ1) is 22.3. The molecule has 0 radical (unpaired) electrons. The zero-order chi connectivity index (χ0) is 22.1. The smallest absolute Gasteiger partial charge is 0.315 e. The highest BCUT2D eigenvalue weighted by atomic mass is 16.2. The quantitative estimate of drug-likeness (QED) is 0.546. The van der Waals surface area contributed by atoms with Crippen LogP contribution in [-0.2, 0) is 9.59 Å². The number of piperidine rings is 1. The second-order valence-electron chi connectivity index (χ2n) is 10.1. The fourth-order valence-electron chi connectivity index (χ4n) is 5.28. The fraction of sp³-hybridized carbons (Fsp3) is 0.864. The Bertz CT molecular complexity index is 689. The monoisotopic (exact) mass is 434 g/mol. The fourth-order valence-corrected chi connectivity index (χ4v) is 5.28. The Hall–Kier alpha value is -1.87. The highest BCUT2D eigenvalue weighted by molar-refractivity contribution is 5.86. The van der Waals surface area contributed by atoms with Crippen molar-refractivity contribution in [2.75, 3.05) is 39.8 Å². The molecule has 1 aliphatic carbocycles. The van der Waals surface area contributed by atoms with Crippen LogP contribution in [0.4, 0.5) is 4.79 Å². The Labute approximate surface area is 185 Å². The van der Waals surface area contributed by atoms with Gasteiger partial charge >= 0.3 is 6.03 Å². The molecule has 1 saturated carbocycles. The molecule has 9 heteroatoms. The van der Waals surface area contributed by atoms with E-state index in [-0.39, 0.29) is 47.9 Å². The Balaban J connectivity index is 1.43. The van der Waals surface area contributed by atoms with E-state index in [1.165, 1.54) is 0 Å². The minimum atomic E-state index is -0.310. The third kappa shape index (κ3) is 5.31. The van der Waals surface area contributed by atoms with Crippen molar-refractivity contribution in [2.45, 2.75) is 76.2 Å². The van der Waals surface area contributed by atoms with Gasteiger partial charge in [-0.3, -0.25) is 14.5 Å². The summed E-state index contributed by atoms with van der Waals surface area (Å²) in [6.07, 6.45) is 4.79. The van der Waals surface area contributed by atoms with Crippen molar-refractivity contribution in [3.05, 3.63) is 0 Å². The average Bonchev–Trinajstić information content (AvgIpc) is 3.48. The van der Waals surface area contributed by atoms with Gasteiger partial charge in [-0.15, -0.1) is 0 Å². The van der Waals surface area contributed by atoms with Crippen molar-refractivity contribution in [3.8, 4) is 0 Å². The zero-order valence-electron chi connectivity index (χ0n) is 19.1. The van der Waals surface area contributed by atoms with Crippen molar-refractivity contribution < 1.29 is 14.4 Å². The number of likely N-dealkylation sites (tertiary alicyclic amines) is 1. The van der Waals surface area contributed by atoms with Crippen LogP contribution in [0.2, 0.25) is 0 Å². The van der Waals surface area contributed by atoms with Crippen molar-refractivity contribution >= 4 is 17.8 Å². The maximum absolute atomic E-state index is 13.5. The summed E-state index contributed by atoms with van der Waals surface area (Å²) in [4.78, 5) is 44.6. The highest BCUT2D eigenvalue weighted by Gasteiger charge is 2.48. The topological polar surface area (TPSA) is 97.0 Å². The molecule has 4 rings (SSSR count). The van der Waals surface area contributed by atoms with Crippen LogP contribution in [0, 0.1) is 5.92 Å². The Kier molecular flexibility index (Phi) is 6.71. The SMILES string of the molecule is CC(C)NC(=O)N[C@H]1C[C@H]2CN(C3CCN(C)CC3)[C@@H](CNC(=O)C3CC3)C(=O)N2C1. The van der Waals surface area contributed by atoms with Gasteiger partial charge in [0.1, 0.15) is 6.04 Å². The molecule has 3 N–H and O–H groups in total. The molecule has 3 aliphatic heterocycles. The second-order valence-corrected chi connectivity index (χ2v) is 10.1. The predicted molar refractivity (Wildman–Crippen MR) is 117 cm³/mol. The number of piperazine rings is 1. The van der Waals surface area contributed by atoms with Crippen LogP contribution in [0.3, 0.4) is 0 Å². The molecule has 4 amide bonds. The van der Waals surface area contributed by atoms with Crippen molar-refractivity contribution in [3.63, 3.8) is 0 Å². The molecule has 0 unspecified atom stereocenters. The van der Waals surface area contributed by atoms with Gasteiger partial charge in [0, 0.05) is 43.7 Å². The maximum Gasteiger partial charge on any atom is 0.315 e. The van der Waals surface area contributed by atoms with Crippen LogP contribution in [0.25, 0.3) is 0 Å². The van der Waals surface area contributed by atoms with Crippen molar-refractivity contribution in [1.82, 2.24) is 30.7 Å². The zero-order valence-corrected chi connectivity index (χ0v) is 19.1. The van der Waals surface area contributed by atoms with E-state index < -0.39 is 0 Å². The number of amides is 4. The normalized spacial score (nSPS) is 30.4. The first-order chi connectivity index (χ1) is 14.8. The lowest BCUT2D eigenvalue weighted by molar-refractivity contribution is -0.146. The Morgan fingerprint density at radius 2 is 1.77 bits per heavy atom. The third-order valence-corrected chi connectivity index (χ3v) is 7.13. The van der Waals surface area contributed by atoms with Gasteiger partial charge in [-0.25, -0.2) is 4.79 Å². The summed E-state index contributed by atoms with van der Waals surface area (Å²) in [5.41, 5.74) is 0. The number of nitrogens with zero attached hydrogens (tertiary/aromatic N) is 3. The molecule has 0 aromatic carbocycles. The Morgan fingerprint density at radius 3 is 2.42 bits per heavy atom. The molecule has 4 fully saturated rings. The van der Waals surface area contributed by atoms with Gasteiger partial charge in [-0.05, 0) is 66.1 Å². The second kappa shape index (κ2) is 9.32. The van der Waals surface area contributed by atoms with E-state index in [0.29, 0.717) is 19.1 Å². The number of carbonyl (C=O) groups is 3. The number of hydrogen-bond donors (Lipinski definition) is 3. The predicted octanol–water partition coefficient (Wildman–Crippen LogP) is -0.0319. The number of carbonyl (C=O) groups excluding carboxylic acids is 3. The largest absolute Gasteiger partial charge is 0.354 e. The molecule has 3 saturated heterocycles. The average molecular weight is 435 g/mol. The lowest BCUT2D eigenvalue weighted by Gasteiger charge is -2.48. The van der Waals surface area contributed by atoms with Crippen LogP contribution in [-0.4, -0.2) is 103 Å². The van der Waals surface area contributed by atoms with E-state index in [1.807, 2.05) is 18.7 Å². The minimum Gasteiger partial charge on any atom is -0.354 e. The summed E-state index contributed by atoms with van der Waals surface area (Å²) in [6, 6.07) is 0.0356. The van der Waals surface area contributed by atoms with E-state index in [0.717, 1.165) is 51.7 Å². The molecular weight excluding hydrogens is 396 g/mol. The summed E-state index contributed by atoms with van der Waals surface area (Å²) in [6.45, 7) is 7.67. The van der Waals surface area contributed by atoms with Crippen LogP contribution >= 0.6 is 0 Å². The molecule has 9 nitrogen and oxygen atoms in total. The molecule has 0 bridgehead atoms. The van der Waals surface area contributed by atoms with Crippen LogP contribution in [0.15, 0.2) is 0 Å². The number of hydrogen-bond acceptors (Lipinski definition) is 5. The van der Waals surface area contributed by atoms with E-state index in [4.69, 9.17) is 0 Å². The van der Waals surface area contributed by atoms with Gasteiger partial charge < -0.3 is 25.8 Å². The molecule has 0 aromatic heterocycles. The molecule has 4 aliphatic rings. The van der Waals surface area contributed by atoms with Crippen LogP contribution in [0.1, 0.15) is 46.0 Å². The number of nitrogens with one attached hydrogen (secondary N) is 3. The van der Waals surface area contributed by atoms with Gasteiger partial charge in [-0.1, -0.05) is 0 Å². The van der Waals surface area contributed by atoms with E-state index in [1.54, 1.807) is 0 Å². The van der Waals surface area contributed by atoms with Crippen molar-refractivity contribution in [2.24, 2.45) is 5.92 Å². The summed E-state index contributed by atoms with van der Waals surface area (Å²) < 4.78 is 0. The molecule has 3 heterocycles. The molecule has 0 spiro atoms. The van der Waals surface area contributed by atoms with Gasteiger partial charge in [0.2, 0.25) is 11.8 Å². The molecule has 0 aromatic rings. The standard InChI is InChI=1S/C22H38N6O3/c1-14(2)24-22(31)25-16-10-18-13-27(17-6-8-26(3)9-7-17)19(21(30)28(18)12-16)11-23-20(29)15-4-5-15/h14-19H,4-13H2,1-3H3,(H,23,29)(H2,24,25,31)/t16-,18-,19-/m0/s1. The van der Waals surface area contributed by atoms with Gasteiger partial charge in [-0.2, -0.15) is 0 Å². The van der Waals surface area contributed by atoms with E-state index >= 15 is 0 Å².